The normalized spacial score (nSPS) is 22.7. The highest BCUT2D eigenvalue weighted by Crippen LogP contribution is 2.30. The average molecular weight is 263 g/mol. The van der Waals surface area contributed by atoms with Crippen LogP contribution in [-0.4, -0.2) is 34.5 Å². The maximum Gasteiger partial charge on any atom is 0.270 e. The molecule has 4 nitrogen and oxygen atoms in total. The number of hydrogen-bond donors (Lipinski definition) is 1. The molecule has 2 rings (SSSR count). The number of nitrogens with zero attached hydrogens (tertiary/aromatic N) is 2. The molecule has 1 aromatic heterocycles. The van der Waals surface area contributed by atoms with Crippen molar-refractivity contribution in [2.75, 3.05) is 13.1 Å². The SMILES string of the molecule is CCN(C(=O)c1cccn1CC)C1CCCC1CN. The van der Waals surface area contributed by atoms with Gasteiger partial charge in [0.1, 0.15) is 5.69 Å². The van der Waals surface area contributed by atoms with Gasteiger partial charge in [-0.2, -0.15) is 0 Å². The number of hydrogen-bond acceptors (Lipinski definition) is 2. The van der Waals surface area contributed by atoms with Crippen molar-refractivity contribution in [2.24, 2.45) is 11.7 Å². The summed E-state index contributed by atoms with van der Waals surface area (Å²) in [6.07, 6.45) is 5.40. The van der Waals surface area contributed by atoms with E-state index < -0.39 is 0 Å². The van der Waals surface area contributed by atoms with Crippen molar-refractivity contribution in [3.8, 4) is 0 Å². The number of carbonyl (C=O) groups is 1. The van der Waals surface area contributed by atoms with Gasteiger partial charge >= 0.3 is 0 Å². The molecule has 19 heavy (non-hydrogen) atoms. The van der Waals surface area contributed by atoms with Gasteiger partial charge in [-0.25, -0.2) is 0 Å². The summed E-state index contributed by atoms with van der Waals surface area (Å²) in [4.78, 5) is 14.7. The van der Waals surface area contributed by atoms with Crippen LogP contribution in [0.2, 0.25) is 0 Å². The third-order valence-electron chi connectivity index (χ3n) is 4.31. The lowest BCUT2D eigenvalue weighted by Crippen LogP contribution is -2.44. The van der Waals surface area contributed by atoms with Crippen LogP contribution in [-0.2, 0) is 6.54 Å². The van der Waals surface area contributed by atoms with Crippen LogP contribution in [0.15, 0.2) is 18.3 Å². The molecule has 0 radical (unpaired) electrons. The molecule has 0 saturated heterocycles. The minimum atomic E-state index is 0.153. The molecule has 106 valence electrons. The highest BCUT2D eigenvalue weighted by Gasteiger charge is 2.34. The van der Waals surface area contributed by atoms with Crippen molar-refractivity contribution in [3.63, 3.8) is 0 Å². The molecule has 1 aliphatic carbocycles. The Labute approximate surface area is 115 Å². The van der Waals surface area contributed by atoms with E-state index in [1.54, 1.807) is 0 Å². The fourth-order valence-electron chi connectivity index (χ4n) is 3.26. The lowest BCUT2D eigenvalue weighted by molar-refractivity contribution is 0.0641. The molecule has 1 aliphatic rings. The second kappa shape index (κ2) is 6.24. The summed E-state index contributed by atoms with van der Waals surface area (Å²) < 4.78 is 2.01. The Morgan fingerprint density at radius 2 is 2.26 bits per heavy atom. The molecule has 0 aliphatic heterocycles. The molecule has 1 amide bonds. The highest BCUT2D eigenvalue weighted by molar-refractivity contribution is 5.93. The lowest BCUT2D eigenvalue weighted by Gasteiger charge is -2.32. The van der Waals surface area contributed by atoms with E-state index in [4.69, 9.17) is 5.73 Å². The molecular weight excluding hydrogens is 238 g/mol. The molecule has 1 heterocycles. The van der Waals surface area contributed by atoms with E-state index in [9.17, 15) is 4.79 Å². The molecule has 1 saturated carbocycles. The molecule has 4 heteroatoms. The molecule has 2 N–H and O–H groups in total. The van der Waals surface area contributed by atoms with Gasteiger partial charge in [-0.15, -0.1) is 0 Å². The van der Waals surface area contributed by atoms with Crippen molar-refractivity contribution in [1.82, 2.24) is 9.47 Å². The van der Waals surface area contributed by atoms with Crippen LogP contribution in [0.1, 0.15) is 43.6 Å². The van der Waals surface area contributed by atoms with Gasteiger partial charge in [0.05, 0.1) is 0 Å². The summed E-state index contributed by atoms with van der Waals surface area (Å²) in [6.45, 7) is 6.39. The standard InChI is InChI=1S/C15H25N3O/c1-3-17-10-6-9-14(17)15(19)18(4-2)13-8-5-7-12(13)11-16/h6,9-10,12-13H,3-5,7-8,11,16H2,1-2H3. The molecule has 2 atom stereocenters. The number of nitrogens with two attached hydrogens (primary N) is 1. The van der Waals surface area contributed by atoms with Gasteiger partial charge < -0.3 is 15.2 Å². The molecule has 0 spiro atoms. The first-order chi connectivity index (χ1) is 9.22. The van der Waals surface area contributed by atoms with Gasteiger partial charge in [-0.3, -0.25) is 4.79 Å². The number of amides is 1. The quantitative estimate of drug-likeness (QED) is 0.884. The monoisotopic (exact) mass is 263 g/mol. The van der Waals surface area contributed by atoms with Gasteiger partial charge in [-0.05, 0) is 51.3 Å². The first-order valence-corrected chi connectivity index (χ1v) is 7.39. The van der Waals surface area contributed by atoms with Crippen molar-refractivity contribution in [1.29, 1.82) is 0 Å². The molecule has 2 unspecified atom stereocenters. The molecular formula is C15H25N3O. The van der Waals surface area contributed by atoms with Crippen LogP contribution in [0.4, 0.5) is 0 Å². The minimum Gasteiger partial charge on any atom is -0.344 e. The Bertz CT molecular complexity index is 427. The van der Waals surface area contributed by atoms with E-state index in [1.165, 1.54) is 6.42 Å². The zero-order valence-corrected chi connectivity index (χ0v) is 12.0. The Hall–Kier alpha value is -1.29. The highest BCUT2D eigenvalue weighted by atomic mass is 16.2. The fourth-order valence-corrected chi connectivity index (χ4v) is 3.26. The summed E-state index contributed by atoms with van der Waals surface area (Å²) in [5.74, 6) is 0.619. The third kappa shape index (κ3) is 2.68. The molecule has 0 aromatic carbocycles. The van der Waals surface area contributed by atoms with E-state index in [0.717, 1.165) is 31.6 Å². The molecule has 1 fully saturated rings. The second-order valence-corrected chi connectivity index (χ2v) is 5.26. The van der Waals surface area contributed by atoms with Gasteiger partial charge in [0.2, 0.25) is 0 Å². The van der Waals surface area contributed by atoms with Crippen molar-refractivity contribution < 1.29 is 4.79 Å². The Kier molecular flexibility index (Phi) is 4.64. The van der Waals surface area contributed by atoms with E-state index in [0.29, 0.717) is 18.5 Å². The first-order valence-electron chi connectivity index (χ1n) is 7.39. The van der Waals surface area contributed by atoms with E-state index >= 15 is 0 Å². The zero-order chi connectivity index (χ0) is 13.8. The smallest absolute Gasteiger partial charge is 0.270 e. The Morgan fingerprint density at radius 3 is 2.89 bits per heavy atom. The topological polar surface area (TPSA) is 51.3 Å². The number of carbonyl (C=O) groups excluding carboxylic acids is 1. The Balaban J connectivity index is 2.19. The predicted molar refractivity (Wildman–Crippen MR) is 77.0 cm³/mol. The predicted octanol–water partition coefficient (Wildman–Crippen LogP) is 2.10. The zero-order valence-electron chi connectivity index (χ0n) is 12.0. The van der Waals surface area contributed by atoms with Gasteiger partial charge in [-0.1, -0.05) is 6.42 Å². The van der Waals surface area contributed by atoms with Crippen molar-refractivity contribution in [2.45, 2.75) is 45.7 Å². The fraction of sp³-hybridized carbons (Fsp3) is 0.667. The van der Waals surface area contributed by atoms with Crippen molar-refractivity contribution >= 4 is 5.91 Å². The van der Waals surface area contributed by atoms with E-state index in [2.05, 4.69) is 13.8 Å². The number of aromatic nitrogens is 1. The average Bonchev–Trinajstić information content (AvgIpc) is 3.07. The van der Waals surface area contributed by atoms with Crippen LogP contribution in [0.25, 0.3) is 0 Å². The molecule has 0 bridgehead atoms. The van der Waals surface area contributed by atoms with Gasteiger partial charge in [0.25, 0.3) is 5.91 Å². The van der Waals surface area contributed by atoms with Crippen LogP contribution in [0.5, 0.6) is 0 Å². The minimum absolute atomic E-state index is 0.153. The molecule has 1 aromatic rings. The van der Waals surface area contributed by atoms with Crippen molar-refractivity contribution in [3.05, 3.63) is 24.0 Å². The second-order valence-electron chi connectivity index (χ2n) is 5.26. The summed E-state index contributed by atoms with van der Waals surface area (Å²) >= 11 is 0. The summed E-state index contributed by atoms with van der Waals surface area (Å²) in [6, 6.07) is 4.18. The first kappa shape index (κ1) is 14.1. The van der Waals surface area contributed by atoms with Crippen LogP contribution in [0, 0.1) is 5.92 Å². The van der Waals surface area contributed by atoms with Crippen LogP contribution < -0.4 is 5.73 Å². The maximum absolute atomic E-state index is 12.7. The Morgan fingerprint density at radius 1 is 1.47 bits per heavy atom. The van der Waals surface area contributed by atoms with Crippen LogP contribution in [0.3, 0.4) is 0 Å². The maximum atomic E-state index is 12.7. The van der Waals surface area contributed by atoms with Gasteiger partial charge in [0, 0.05) is 25.3 Å². The van der Waals surface area contributed by atoms with E-state index in [-0.39, 0.29) is 5.91 Å². The number of rotatable bonds is 5. The van der Waals surface area contributed by atoms with Gasteiger partial charge in [0.15, 0.2) is 0 Å². The van der Waals surface area contributed by atoms with E-state index in [1.807, 2.05) is 27.8 Å². The summed E-state index contributed by atoms with van der Waals surface area (Å²) in [5, 5.41) is 0. The largest absolute Gasteiger partial charge is 0.344 e. The van der Waals surface area contributed by atoms with Crippen LogP contribution >= 0.6 is 0 Å². The third-order valence-corrected chi connectivity index (χ3v) is 4.31. The number of aryl methyl sites for hydroxylation is 1. The summed E-state index contributed by atoms with van der Waals surface area (Å²) in [7, 11) is 0. The summed E-state index contributed by atoms with van der Waals surface area (Å²) in [5.41, 5.74) is 6.65. The lowest BCUT2D eigenvalue weighted by atomic mass is 10.0.